The fourth-order valence-electron chi connectivity index (χ4n) is 4.53. The third-order valence-corrected chi connectivity index (χ3v) is 6.50. The Bertz CT molecular complexity index is 1270. The minimum absolute atomic E-state index is 0.225. The topological polar surface area (TPSA) is 82.1 Å². The molecule has 0 N–H and O–H groups in total. The lowest BCUT2D eigenvalue weighted by Gasteiger charge is -2.32. The van der Waals surface area contributed by atoms with E-state index in [1.807, 2.05) is 13.8 Å². The van der Waals surface area contributed by atoms with Gasteiger partial charge >= 0.3 is 12.1 Å². The van der Waals surface area contributed by atoms with E-state index < -0.39 is 29.2 Å². The first-order valence-electron chi connectivity index (χ1n) is 13.1. The number of esters is 1. The highest BCUT2D eigenvalue weighted by atomic mass is 35.5. The minimum Gasteiger partial charge on any atom is -0.475 e. The van der Waals surface area contributed by atoms with Crippen LogP contribution in [0.15, 0.2) is 36.4 Å². The van der Waals surface area contributed by atoms with Crippen molar-refractivity contribution < 1.29 is 28.6 Å². The Hall–Kier alpha value is -3.03. The molecule has 3 rings (SSSR count). The van der Waals surface area contributed by atoms with Crippen LogP contribution in [-0.2, 0) is 19.1 Å². The van der Waals surface area contributed by atoms with E-state index in [-0.39, 0.29) is 12.2 Å². The maximum absolute atomic E-state index is 13.7. The summed E-state index contributed by atoms with van der Waals surface area (Å²) in [5, 5.41) is 0.772. The molecule has 1 aliphatic rings. The highest BCUT2D eigenvalue weighted by Crippen LogP contribution is 2.42. The molecule has 0 unspecified atom stereocenters. The van der Waals surface area contributed by atoms with Crippen molar-refractivity contribution in [3.63, 3.8) is 0 Å². The highest BCUT2D eigenvalue weighted by Gasteiger charge is 2.42. The summed E-state index contributed by atoms with van der Waals surface area (Å²) in [6, 6.07) is 9.84. The molecule has 0 atom stereocenters. The Labute approximate surface area is 240 Å². The van der Waals surface area contributed by atoms with Gasteiger partial charge in [0.05, 0.1) is 17.9 Å². The zero-order chi connectivity index (χ0) is 29.0. The second-order valence-corrected chi connectivity index (χ2v) is 11.2. The summed E-state index contributed by atoms with van der Waals surface area (Å²) < 4.78 is 17.4. The smallest absolute Gasteiger partial charge is 0.422 e. The van der Waals surface area contributed by atoms with Crippen LogP contribution < -0.4 is 9.64 Å². The largest absolute Gasteiger partial charge is 0.475 e. The normalized spacial score (nSPS) is 14.4. The van der Waals surface area contributed by atoms with Crippen molar-refractivity contribution in [3.8, 4) is 5.75 Å². The van der Waals surface area contributed by atoms with Gasteiger partial charge in [-0.05, 0) is 76.9 Å². The van der Waals surface area contributed by atoms with Crippen LogP contribution in [0.3, 0.4) is 0 Å². The van der Waals surface area contributed by atoms with Gasteiger partial charge in [-0.2, -0.15) is 0 Å². The molecule has 7 nitrogen and oxygen atoms in total. The summed E-state index contributed by atoms with van der Waals surface area (Å²) in [4.78, 5) is 40.8. The van der Waals surface area contributed by atoms with Crippen molar-refractivity contribution in [1.82, 2.24) is 0 Å². The molecule has 2 aromatic carbocycles. The number of ether oxygens (including phenoxy) is 3. The Morgan fingerprint density at radius 1 is 0.949 bits per heavy atom. The lowest BCUT2D eigenvalue weighted by Crippen LogP contribution is -2.46. The van der Waals surface area contributed by atoms with Gasteiger partial charge in [0.25, 0.3) is 5.91 Å². The van der Waals surface area contributed by atoms with E-state index in [1.165, 1.54) is 0 Å². The number of hydrogen-bond acceptors (Lipinski definition) is 6. The number of amides is 2. The third-order valence-electron chi connectivity index (χ3n) is 6.03. The molecule has 0 fully saturated rings. The molecule has 0 bridgehead atoms. The number of hydrogen-bond donors (Lipinski definition) is 0. The number of imide groups is 1. The Balaban J connectivity index is 2.15. The van der Waals surface area contributed by atoms with Crippen LogP contribution in [0, 0.1) is 0 Å². The molecule has 0 saturated heterocycles. The van der Waals surface area contributed by atoms with Gasteiger partial charge in [-0.25, -0.2) is 14.5 Å². The molecule has 0 aliphatic carbocycles. The number of carbonyl (C=O) groups is 3. The summed E-state index contributed by atoms with van der Waals surface area (Å²) in [7, 11) is 0. The van der Waals surface area contributed by atoms with Crippen molar-refractivity contribution in [3.05, 3.63) is 57.6 Å². The van der Waals surface area contributed by atoms with E-state index in [9.17, 15) is 14.4 Å². The maximum Gasteiger partial charge on any atom is 0.422 e. The average molecular weight is 577 g/mol. The van der Waals surface area contributed by atoms with Crippen LogP contribution in [0.2, 0.25) is 10.0 Å². The summed E-state index contributed by atoms with van der Waals surface area (Å²) >= 11 is 12.6. The molecule has 1 heterocycles. The van der Waals surface area contributed by atoms with Crippen molar-refractivity contribution in [2.24, 2.45) is 0 Å². The van der Waals surface area contributed by atoms with Crippen molar-refractivity contribution in [1.29, 1.82) is 0 Å². The SMILES string of the molecule is CCCC(CCC)(Oc1ccc(Cl)cc1/C=C1\C(=O)N(C(=O)OC(C)(C)C)c2cc(Cl)ccc21)C(=O)OCC. The standard InChI is InChI=1S/C30H35Cl2NO6/c1-7-14-30(15-8-2,27(35)37-9-3)38-25-13-11-20(31)16-19(25)17-23-22-12-10-21(32)18-24(22)33(26(23)34)28(36)39-29(4,5)6/h10-13,16-18H,7-9,14-15H2,1-6H3/b23-17-. The predicted octanol–water partition coefficient (Wildman–Crippen LogP) is 8.10. The molecule has 0 aromatic heterocycles. The lowest BCUT2D eigenvalue weighted by molar-refractivity contribution is -0.163. The van der Waals surface area contributed by atoms with Crippen molar-refractivity contribution >= 4 is 58.5 Å². The van der Waals surface area contributed by atoms with E-state index in [4.69, 9.17) is 37.4 Å². The second kappa shape index (κ2) is 12.4. The number of carbonyl (C=O) groups excluding carboxylic acids is 3. The molecule has 0 saturated carbocycles. The predicted molar refractivity (Wildman–Crippen MR) is 154 cm³/mol. The first kappa shape index (κ1) is 30.5. The first-order valence-corrected chi connectivity index (χ1v) is 13.9. The van der Waals surface area contributed by atoms with Gasteiger partial charge in [-0.1, -0.05) is 56.0 Å². The summed E-state index contributed by atoms with van der Waals surface area (Å²) in [5.41, 5.74) is -0.499. The quantitative estimate of drug-likeness (QED) is 0.222. The maximum atomic E-state index is 13.7. The highest BCUT2D eigenvalue weighted by molar-refractivity contribution is 6.42. The van der Waals surface area contributed by atoms with E-state index in [0.29, 0.717) is 58.3 Å². The number of rotatable bonds is 9. The molecular formula is C30H35Cl2NO6. The number of halogens is 2. The Kier molecular flexibility index (Phi) is 9.73. The number of benzene rings is 2. The van der Waals surface area contributed by atoms with Crippen LogP contribution in [0.25, 0.3) is 11.6 Å². The fourth-order valence-corrected chi connectivity index (χ4v) is 4.87. The molecule has 210 valence electrons. The summed E-state index contributed by atoms with van der Waals surface area (Å²) in [6.45, 7) is 11.1. The summed E-state index contributed by atoms with van der Waals surface area (Å²) in [5.74, 6) is -0.651. The summed E-state index contributed by atoms with van der Waals surface area (Å²) in [6.07, 6.45) is 3.08. The van der Waals surface area contributed by atoms with Crippen LogP contribution in [-0.4, -0.2) is 35.8 Å². The Morgan fingerprint density at radius 2 is 1.56 bits per heavy atom. The molecule has 9 heteroatoms. The third kappa shape index (κ3) is 6.95. The van der Waals surface area contributed by atoms with E-state index in [2.05, 4.69) is 0 Å². The molecule has 2 aromatic rings. The van der Waals surface area contributed by atoms with Crippen LogP contribution in [0.1, 0.15) is 78.4 Å². The molecule has 0 radical (unpaired) electrons. The number of anilines is 1. The zero-order valence-corrected chi connectivity index (χ0v) is 24.7. The van der Waals surface area contributed by atoms with Crippen molar-refractivity contribution in [2.75, 3.05) is 11.5 Å². The molecular weight excluding hydrogens is 541 g/mol. The van der Waals surface area contributed by atoms with Crippen LogP contribution in [0.4, 0.5) is 10.5 Å². The minimum atomic E-state index is -1.20. The van der Waals surface area contributed by atoms with Gasteiger partial charge in [0.1, 0.15) is 11.4 Å². The van der Waals surface area contributed by atoms with Gasteiger partial charge in [0.15, 0.2) is 0 Å². The molecule has 2 amide bonds. The van der Waals surface area contributed by atoms with Crippen LogP contribution in [0.5, 0.6) is 5.75 Å². The average Bonchev–Trinajstić information content (AvgIpc) is 3.10. The number of fused-ring (bicyclic) bond motifs is 1. The van der Waals surface area contributed by atoms with Crippen LogP contribution >= 0.6 is 23.2 Å². The first-order chi connectivity index (χ1) is 18.4. The molecule has 39 heavy (non-hydrogen) atoms. The number of nitrogens with zero attached hydrogens (tertiary/aromatic N) is 1. The lowest BCUT2D eigenvalue weighted by atomic mass is 9.92. The van der Waals surface area contributed by atoms with Gasteiger partial charge < -0.3 is 14.2 Å². The monoisotopic (exact) mass is 575 g/mol. The van der Waals surface area contributed by atoms with Gasteiger partial charge in [0.2, 0.25) is 5.60 Å². The van der Waals surface area contributed by atoms with Gasteiger partial charge in [-0.3, -0.25) is 4.79 Å². The van der Waals surface area contributed by atoms with E-state index in [0.717, 1.165) is 4.90 Å². The van der Waals surface area contributed by atoms with E-state index in [1.54, 1.807) is 70.2 Å². The Morgan fingerprint density at radius 3 is 2.15 bits per heavy atom. The fraction of sp³-hybridized carbons (Fsp3) is 0.433. The van der Waals surface area contributed by atoms with Crippen molar-refractivity contribution in [2.45, 2.75) is 78.4 Å². The molecule has 1 aliphatic heterocycles. The van der Waals surface area contributed by atoms with E-state index >= 15 is 0 Å². The second-order valence-electron chi connectivity index (χ2n) is 10.3. The zero-order valence-electron chi connectivity index (χ0n) is 23.2. The van der Waals surface area contributed by atoms with Gasteiger partial charge in [0, 0.05) is 21.2 Å². The van der Waals surface area contributed by atoms with Gasteiger partial charge in [-0.15, -0.1) is 0 Å². The molecule has 0 spiro atoms.